The van der Waals surface area contributed by atoms with Crippen molar-refractivity contribution in [2.75, 3.05) is 18.0 Å². The number of carbonyl (C=O) groups excluding carboxylic acids is 1. The number of halogens is 1. The maximum absolute atomic E-state index is 14.8. The molecule has 6 nitrogen and oxygen atoms in total. The number of nitrogens with one attached hydrogen (secondary N) is 1. The zero-order chi connectivity index (χ0) is 24.2. The van der Waals surface area contributed by atoms with Crippen LogP contribution in [0.5, 0.6) is 0 Å². The number of ether oxygens (including phenoxy) is 1. The van der Waals surface area contributed by atoms with Crippen molar-refractivity contribution >= 4 is 11.6 Å². The third-order valence-electron chi connectivity index (χ3n) is 5.93. The second-order valence-electron chi connectivity index (χ2n) is 8.97. The standard InChI is InChI=1S/C27H30FN3O3/c1-18-6-4-7-22(12-18)17-30-11-5-8-23(27(30)33)26(32)29-14-21-9-10-25(24(28)13-21)31-15-19(2)34-20(3)16-31/h4-13,19-20H,14-17H2,1-3H3,(H,29,32). The molecule has 2 atom stereocenters. The summed E-state index contributed by atoms with van der Waals surface area (Å²) in [7, 11) is 0. The number of nitrogens with zero attached hydrogens (tertiary/aromatic N) is 2. The summed E-state index contributed by atoms with van der Waals surface area (Å²) in [6, 6.07) is 16.0. The van der Waals surface area contributed by atoms with Gasteiger partial charge in [0.25, 0.3) is 11.5 Å². The van der Waals surface area contributed by atoms with E-state index in [2.05, 4.69) is 5.32 Å². The minimum Gasteiger partial charge on any atom is -0.372 e. The zero-order valence-corrected chi connectivity index (χ0v) is 19.8. The molecule has 1 aliphatic rings. The van der Waals surface area contributed by atoms with E-state index in [9.17, 15) is 14.0 Å². The number of aryl methyl sites for hydroxylation is 1. The Morgan fingerprint density at radius 2 is 1.82 bits per heavy atom. The summed E-state index contributed by atoms with van der Waals surface area (Å²) in [6.45, 7) is 7.70. The Hall–Kier alpha value is -3.45. The minimum absolute atomic E-state index is 0.0305. The van der Waals surface area contributed by atoms with E-state index in [-0.39, 0.29) is 35.7 Å². The fourth-order valence-electron chi connectivity index (χ4n) is 4.41. The maximum Gasteiger partial charge on any atom is 0.263 e. The predicted octanol–water partition coefficient (Wildman–Crippen LogP) is 3.89. The Morgan fingerprint density at radius 1 is 1.06 bits per heavy atom. The van der Waals surface area contributed by atoms with Gasteiger partial charge in [0.1, 0.15) is 11.4 Å². The molecule has 1 fully saturated rings. The van der Waals surface area contributed by atoms with Gasteiger partial charge < -0.3 is 19.5 Å². The topological polar surface area (TPSA) is 63.6 Å². The molecule has 4 rings (SSSR count). The highest BCUT2D eigenvalue weighted by Gasteiger charge is 2.24. The fourth-order valence-corrected chi connectivity index (χ4v) is 4.41. The van der Waals surface area contributed by atoms with Crippen LogP contribution >= 0.6 is 0 Å². The number of rotatable bonds is 6. The van der Waals surface area contributed by atoms with Crippen molar-refractivity contribution in [3.8, 4) is 0 Å². The van der Waals surface area contributed by atoms with Gasteiger partial charge in [-0.3, -0.25) is 9.59 Å². The lowest BCUT2D eigenvalue weighted by atomic mass is 10.1. The molecule has 0 radical (unpaired) electrons. The molecule has 0 spiro atoms. The van der Waals surface area contributed by atoms with Gasteiger partial charge in [0.2, 0.25) is 0 Å². The number of anilines is 1. The van der Waals surface area contributed by atoms with E-state index in [1.807, 2.05) is 49.9 Å². The lowest BCUT2D eigenvalue weighted by Crippen LogP contribution is -2.45. The van der Waals surface area contributed by atoms with Gasteiger partial charge >= 0.3 is 0 Å². The second kappa shape index (κ2) is 10.2. The Kier molecular flexibility index (Phi) is 7.12. The molecule has 7 heteroatoms. The highest BCUT2D eigenvalue weighted by atomic mass is 19.1. The van der Waals surface area contributed by atoms with Gasteiger partial charge in [0.05, 0.1) is 24.4 Å². The number of hydrogen-bond acceptors (Lipinski definition) is 4. The highest BCUT2D eigenvalue weighted by Crippen LogP contribution is 2.24. The molecule has 34 heavy (non-hydrogen) atoms. The monoisotopic (exact) mass is 463 g/mol. The van der Waals surface area contributed by atoms with Crippen LogP contribution in [0.15, 0.2) is 65.6 Å². The third kappa shape index (κ3) is 5.54. The molecule has 2 aromatic carbocycles. The minimum atomic E-state index is -0.482. The number of benzene rings is 2. The Labute approximate surface area is 199 Å². The quantitative estimate of drug-likeness (QED) is 0.603. The van der Waals surface area contributed by atoms with Crippen LogP contribution in [0, 0.1) is 12.7 Å². The van der Waals surface area contributed by atoms with Crippen molar-refractivity contribution in [2.45, 2.75) is 46.1 Å². The van der Waals surface area contributed by atoms with Crippen molar-refractivity contribution in [1.82, 2.24) is 9.88 Å². The molecule has 0 bridgehead atoms. The van der Waals surface area contributed by atoms with Crippen LogP contribution in [0.3, 0.4) is 0 Å². The van der Waals surface area contributed by atoms with Crippen molar-refractivity contribution < 1.29 is 13.9 Å². The Balaban J connectivity index is 1.43. The van der Waals surface area contributed by atoms with Crippen LogP contribution in [0.1, 0.15) is 40.9 Å². The van der Waals surface area contributed by atoms with Gasteiger partial charge in [-0.05, 0) is 56.2 Å². The fraction of sp³-hybridized carbons (Fsp3) is 0.333. The molecular formula is C27H30FN3O3. The molecule has 2 heterocycles. The Bertz CT molecular complexity index is 1230. The lowest BCUT2D eigenvalue weighted by Gasteiger charge is -2.37. The van der Waals surface area contributed by atoms with E-state index >= 15 is 0 Å². The van der Waals surface area contributed by atoms with Crippen LogP contribution in [-0.2, 0) is 17.8 Å². The molecule has 1 saturated heterocycles. The van der Waals surface area contributed by atoms with Crippen molar-refractivity contribution in [1.29, 1.82) is 0 Å². The van der Waals surface area contributed by atoms with Crippen molar-refractivity contribution in [3.63, 3.8) is 0 Å². The maximum atomic E-state index is 14.8. The normalized spacial score (nSPS) is 18.1. The first-order valence-corrected chi connectivity index (χ1v) is 11.5. The van der Waals surface area contributed by atoms with Crippen LogP contribution in [-0.4, -0.2) is 35.8 Å². The van der Waals surface area contributed by atoms with Crippen LogP contribution < -0.4 is 15.8 Å². The van der Waals surface area contributed by atoms with Crippen LogP contribution in [0.2, 0.25) is 0 Å². The molecule has 2 unspecified atom stereocenters. The largest absolute Gasteiger partial charge is 0.372 e. The van der Waals surface area contributed by atoms with Gasteiger partial charge in [0.15, 0.2) is 0 Å². The zero-order valence-electron chi connectivity index (χ0n) is 19.8. The van der Waals surface area contributed by atoms with Gasteiger partial charge in [-0.15, -0.1) is 0 Å². The summed E-state index contributed by atoms with van der Waals surface area (Å²) >= 11 is 0. The summed E-state index contributed by atoms with van der Waals surface area (Å²) in [4.78, 5) is 27.6. The van der Waals surface area contributed by atoms with E-state index in [4.69, 9.17) is 4.74 Å². The molecule has 1 aliphatic heterocycles. The average molecular weight is 464 g/mol. The summed E-state index contributed by atoms with van der Waals surface area (Å²) in [5.41, 5.74) is 2.94. The summed E-state index contributed by atoms with van der Waals surface area (Å²) in [5, 5.41) is 2.74. The second-order valence-corrected chi connectivity index (χ2v) is 8.97. The first kappa shape index (κ1) is 23.7. The van der Waals surface area contributed by atoms with Crippen molar-refractivity contribution in [3.05, 3.63) is 99.2 Å². The number of hydrogen-bond donors (Lipinski definition) is 1. The third-order valence-corrected chi connectivity index (χ3v) is 5.93. The molecule has 1 N–H and O–H groups in total. The number of amides is 1. The first-order chi connectivity index (χ1) is 16.3. The van der Waals surface area contributed by atoms with Crippen LogP contribution in [0.25, 0.3) is 0 Å². The number of morpholine rings is 1. The van der Waals surface area contributed by atoms with E-state index in [1.165, 1.54) is 16.7 Å². The number of aromatic nitrogens is 1. The van der Waals surface area contributed by atoms with Gasteiger partial charge in [-0.2, -0.15) is 0 Å². The lowest BCUT2D eigenvalue weighted by molar-refractivity contribution is -0.00539. The number of carbonyl (C=O) groups is 1. The molecular weight excluding hydrogens is 433 g/mol. The van der Waals surface area contributed by atoms with E-state index in [0.29, 0.717) is 30.9 Å². The van der Waals surface area contributed by atoms with E-state index < -0.39 is 5.91 Å². The molecule has 3 aromatic rings. The highest BCUT2D eigenvalue weighted by molar-refractivity contribution is 5.93. The molecule has 1 amide bonds. The smallest absolute Gasteiger partial charge is 0.263 e. The van der Waals surface area contributed by atoms with Crippen LogP contribution in [0.4, 0.5) is 10.1 Å². The summed E-state index contributed by atoms with van der Waals surface area (Å²) < 4.78 is 22.1. The summed E-state index contributed by atoms with van der Waals surface area (Å²) in [6.07, 6.45) is 1.73. The Morgan fingerprint density at radius 3 is 2.53 bits per heavy atom. The predicted molar refractivity (Wildman–Crippen MR) is 131 cm³/mol. The first-order valence-electron chi connectivity index (χ1n) is 11.5. The number of pyridine rings is 1. The molecule has 178 valence electrons. The average Bonchev–Trinajstić information content (AvgIpc) is 2.78. The molecule has 0 saturated carbocycles. The van der Waals surface area contributed by atoms with Crippen molar-refractivity contribution in [2.24, 2.45) is 0 Å². The molecule has 0 aliphatic carbocycles. The van der Waals surface area contributed by atoms with E-state index in [0.717, 1.165) is 11.1 Å². The summed E-state index contributed by atoms with van der Waals surface area (Å²) in [5.74, 6) is -0.822. The van der Waals surface area contributed by atoms with Gasteiger partial charge in [-0.1, -0.05) is 35.9 Å². The van der Waals surface area contributed by atoms with Gasteiger partial charge in [-0.25, -0.2) is 4.39 Å². The molecule has 1 aromatic heterocycles. The van der Waals surface area contributed by atoms with Gasteiger partial charge in [0, 0.05) is 25.8 Å². The van der Waals surface area contributed by atoms with E-state index in [1.54, 1.807) is 24.4 Å². The SMILES string of the molecule is Cc1cccc(Cn2cccc(C(=O)NCc3ccc(N4CC(C)OC(C)C4)c(F)c3)c2=O)c1.